The summed E-state index contributed by atoms with van der Waals surface area (Å²) in [5.41, 5.74) is 12.3. The van der Waals surface area contributed by atoms with E-state index in [-0.39, 0.29) is 0 Å². The van der Waals surface area contributed by atoms with Gasteiger partial charge in [0.15, 0.2) is 0 Å². The standard InChI is InChI=1S/C10H12N2O/c1-2-3-7-13-9-6-4-5-8(11)10(9)12/h4-6H,7,11-12H2,1H3. The fraction of sp³-hybridized carbons (Fsp3) is 0.200. The van der Waals surface area contributed by atoms with Gasteiger partial charge in [-0.3, -0.25) is 0 Å². The zero-order valence-corrected chi connectivity index (χ0v) is 7.50. The molecule has 13 heavy (non-hydrogen) atoms. The van der Waals surface area contributed by atoms with E-state index in [1.54, 1.807) is 25.1 Å². The molecule has 1 rings (SSSR count). The molecule has 0 aliphatic rings. The average Bonchev–Trinajstić information content (AvgIpc) is 2.13. The van der Waals surface area contributed by atoms with E-state index in [9.17, 15) is 0 Å². The molecule has 0 spiro atoms. The minimum Gasteiger partial charge on any atom is -0.479 e. The molecule has 0 aliphatic carbocycles. The monoisotopic (exact) mass is 176 g/mol. The number of ether oxygens (including phenoxy) is 1. The second-order valence-corrected chi connectivity index (χ2v) is 2.47. The lowest BCUT2D eigenvalue weighted by molar-refractivity contribution is 0.372. The van der Waals surface area contributed by atoms with E-state index in [0.717, 1.165) is 0 Å². The molecule has 0 saturated carbocycles. The first-order chi connectivity index (χ1) is 6.25. The van der Waals surface area contributed by atoms with E-state index in [1.165, 1.54) is 0 Å². The third-order valence-electron chi connectivity index (χ3n) is 1.58. The summed E-state index contributed by atoms with van der Waals surface area (Å²) in [4.78, 5) is 0. The first kappa shape index (κ1) is 9.27. The predicted octanol–water partition coefficient (Wildman–Crippen LogP) is 1.25. The third kappa shape index (κ3) is 2.31. The number of benzene rings is 1. The predicted molar refractivity (Wildman–Crippen MR) is 54.2 cm³/mol. The quantitative estimate of drug-likeness (QED) is 0.526. The average molecular weight is 176 g/mol. The highest BCUT2D eigenvalue weighted by Crippen LogP contribution is 2.26. The van der Waals surface area contributed by atoms with Gasteiger partial charge in [-0.05, 0) is 19.1 Å². The molecule has 0 heterocycles. The first-order valence-corrected chi connectivity index (χ1v) is 3.92. The van der Waals surface area contributed by atoms with Crippen molar-refractivity contribution >= 4 is 11.4 Å². The number of nitrogen functional groups attached to an aromatic ring is 2. The number of nitrogens with two attached hydrogens (primary N) is 2. The van der Waals surface area contributed by atoms with Gasteiger partial charge in [0.05, 0.1) is 11.4 Å². The summed E-state index contributed by atoms with van der Waals surface area (Å²) >= 11 is 0. The van der Waals surface area contributed by atoms with Crippen molar-refractivity contribution in [3.63, 3.8) is 0 Å². The molecule has 0 aromatic heterocycles. The number of rotatable bonds is 2. The van der Waals surface area contributed by atoms with Gasteiger partial charge in [-0.2, -0.15) is 0 Å². The molecule has 3 nitrogen and oxygen atoms in total. The van der Waals surface area contributed by atoms with E-state index in [0.29, 0.717) is 23.7 Å². The molecule has 0 radical (unpaired) electrons. The highest BCUT2D eigenvalue weighted by Gasteiger charge is 2.01. The van der Waals surface area contributed by atoms with Crippen molar-refractivity contribution in [2.45, 2.75) is 6.92 Å². The molecule has 0 saturated heterocycles. The maximum atomic E-state index is 5.67. The molecule has 3 heteroatoms. The van der Waals surface area contributed by atoms with Gasteiger partial charge in [-0.15, -0.1) is 5.92 Å². The summed E-state index contributed by atoms with van der Waals surface area (Å²) in [6.45, 7) is 2.09. The van der Waals surface area contributed by atoms with Crippen LogP contribution in [0.15, 0.2) is 18.2 Å². The number of anilines is 2. The molecule has 68 valence electrons. The Kier molecular flexibility index (Phi) is 3.04. The first-order valence-electron chi connectivity index (χ1n) is 3.92. The van der Waals surface area contributed by atoms with Crippen LogP contribution in [0.3, 0.4) is 0 Å². The molecule has 0 atom stereocenters. The second-order valence-electron chi connectivity index (χ2n) is 2.47. The molecule has 0 amide bonds. The lowest BCUT2D eigenvalue weighted by Crippen LogP contribution is -2.01. The van der Waals surface area contributed by atoms with Gasteiger partial charge in [-0.25, -0.2) is 0 Å². The van der Waals surface area contributed by atoms with Crippen molar-refractivity contribution in [3.05, 3.63) is 18.2 Å². The van der Waals surface area contributed by atoms with Crippen molar-refractivity contribution in [2.75, 3.05) is 18.1 Å². The fourth-order valence-electron chi connectivity index (χ4n) is 0.873. The second kappa shape index (κ2) is 4.27. The summed E-state index contributed by atoms with van der Waals surface area (Å²) in [6.07, 6.45) is 0. The van der Waals surface area contributed by atoms with Gasteiger partial charge in [0.1, 0.15) is 12.4 Å². The zero-order chi connectivity index (χ0) is 9.68. The van der Waals surface area contributed by atoms with E-state index >= 15 is 0 Å². The zero-order valence-electron chi connectivity index (χ0n) is 7.50. The van der Waals surface area contributed by atoms with Gasteiger partial charge in [0.25, 0.3) is 0 Å². The Morgan fingerprint density at radius 1 is 1.38 bits per heavy atom. The summed E-state index contributed by atoms with van der Waals surface area (Å²) in [6, 6.07) is 5.29. The molecule has 1 aromatic rings. The molecular formula is C10H12N2O. The van der Waals surface area contributed by atoms with Crippen LogP contribution in [0.5, 0.6) is 5.75 Å². The van der Waals surface area contributed by atoms with E-state index in [4.69, 9.17) is 16.2 Å². The molecular weight excluding hydrogens is 164 g/mol. The van der Waals surface area contributed by atoms with Gasteiger partial charge in [0, 0.05) is 0 Å². The number of hydrogen-bond donors (Lipinski definition) is 2. The topological polar surface area (TPSA) is 61.3 Å². The Labute approximate surface area is 77.7 Å². The SMILES string of the molecule is CC#CCOc1cccc(N)c1N. The maximum absolute atomic E-state index is 5.67. The Hall–Kier alpha value is -1.82. The van der Waals surface area contributed by atoms with Crippen LogP contribution < -0.4 is 16.2 Å². The maximum Gasteiger partial charge on any atom is 0.149 e. The highest BCUT2D eigenvalue weighted by atomic mass is 16.5. The lowest BCUT2D eigenvalue weighted by atomic mass is 10.2. The Balaban J connectivity index is 2.75. The minimum atomic E-state index is 0.337. The highest BCUT2D eigenvalue weighted by molar-refractivity contribution is 5.70. The van der Waals surface area contributed by atoms with Crippen LogP contribution in [-0.4, -0.2) is 6.61 Å². The van der Waals surface area contributed by atoms with E-state index < -0.39 is 0 Å². The lowest BCUT2D eigenvalue weighted by Gasteiger charge is -2.07. The normalized spacial score (nSPS) is 8.69. The molecule has 0 aliphatic heterocycles. The van der Waals surface area contributed by atoms with Crippen molar-refractivity contribution in [1.29, 1.82) is 0 Å². The van der Waals surface area contributed by atoms with E-state index in [1.807, 2.05) is 0 Å². The van der Waals surface area contributed by atoms with Crippen LogP contribution in [-0.2, 0) is 0 Å². The largest absolute Gasteiger partial charge is 0.479 e. The molecule has 0 unspecified atom stereocenters. The van der Waals surface area contributed by atoms with Crippen molar-refractivity contribution in [1.82, 2.24) is 0 Å². The summed E-state index contributed by atoms with van der Waals surface area (Å²) in [5, 5.41) is 0. The Bertz CT molecular complexity index is 350. The van der Waals surface area contributed by atoms with Gasteiger partial charge < -0.3 is 16.2 Å². The van der Waals surface area contributed by atoms with Crippen molar-refractivity contribution < 1.29 is 4.74 Å². The van der Waals surface area contributed by atoms with Crippen LogP contribution in [0.4, 0.5) is 11.4 Å². The number of para-hydroxylation sites is 1. The Morgan fingerprint density at radius 3 is 2.85 bits per heavy atom. The van der Waals surface area contributed by atoms with Gasteiger partial charge in [0.2, 0.25) is 0 Å². The van der Waals surface area contributed by atoms with Crippen molar-refractivity contribution in [3.8, 4) is 17.6 Å². The third-order valence-corrected chi connectivity index (χ3v) is 1.58. The van der Waals surface area contributed by atoms with E-state index in [2.05, 4.69) is 11.8 Å². The number of hydrogen-bond acceptors (Lipinski definition) is 3. The fourth-order valence-corrected chi connectivity index (χ4v) is 0.873. The van der Waals surface area contributed by atoms with Gasteiger partial charge in [-0.1, -0.05) is 12.0 Å². The summed E-state index contributed by atoms with van der Waals surface area (Å²) < 4.78 is 5.28. The van der Waals surface area contributed by atoms with Crippen LogP contribution >= 0.6 is 0 Å². The van der Waals surface area contributed by atoms with Crippen LogP contribution in [0, 0.1) is 11.8 Å². The molecule has 4 N–H and O–H groups in total. The van der Waals surface area contributed by atoms with Crippen LogP contribution in [0.25, 0.3) is 0 Å². The summed E-state index contributed by atoms with van der Waals surface area (Å²) in [5.74, 6) is 6.09. The molecule has 1 aromatic carbocycles. The minimum absolute atomic E-state index is 0.337. The van der Waals surface area contributed by atoms with Gasteiger partial charge >= 0.3 is 0 Å². The van der Waals surface area contributed by atoms with Crippen molar-refractivity contribution in [2.24, 2.45) is 0 Å². The smallest absolute Gasteiger partial charge is 0.149 e. The molecule has 0 bridgehead atoms. The Morgan fingerprint density at radius 2 is 2.15 bits per heavy atom. The molecule has 0 fully saturated rings. The van der Waals surface area contributed by atoms with Crippen LogP contribution in [0.2, 0.25) is 0 Å². The van der Waals surface area contributed by atoms with Crippen LogP contribution in [0.1, 0.15) is 6.92 Å². The summed E-state index contributed by atoms with van der Waals surface area (Å²) in [7, 11) is 0.